The van der Waals surface area contributed by atoms with Gasteiger partial charge in [0, 0.05) is 13.1 Å². The topological polar surface area (TPSA) is 41.3 Å². The van der Waals surface area contributed by atoms with Crippen LogP contribution in [0.4, 0.5) is 0 Å². The second kappa shape index (κ2) is 5.28. The van der Waals surface area contributed by atoms with Crippen LogP contribution in [0, 0.1) is 6.92 Å². The Morgan fingerprint density at radius 2 is 2.27 bits per heavy atom. The Bertz CT molecular complexity index is 292. The summed E-state index contributed by atoms with van der Waals surface area (Å²) in [7, 11) is 0. The Morgan fingerprint density at radius 1 is 1.47 bits per heavy atom. The fraction of sp³-hybridized carbons (Fsp3) is 0.727. The summed E-state index contributed by atoms with van der Waals surface area (Å²) in [6.45, 7) is 7.47. The fourth-order valence-electron chi connectivity index (χ4n) is 1.94. The summed E-state index contributed by atoms with van der Waals surface area (Å²) in [6, 6.07) is 0. The van der Waals surface area contributed by atoms with Gasteiger partial charge in [0.15, 0.2) is 6.39 Å². The minimum Gasteiger partial charge on any atom is -0.447 e. The van der Waals surface area contributed by atoms with Crippen molar-refractivity contribution in [3.8, 4) is 0 Å². The SMILES string of the molecule is Cc1ncoc1CNCCN1CCCC1. The number of aromatic nitrogens is 1. The van der Waals surface area contributed by atoms with Crippen LogP contribution in [0.25, 0.3) is 0 Å². The molecule has 0 saturated carbocycles. The van der Waals surface area contributed by atoms with Gasteiger partial charge in [-0.2, -0.15) is 0 Å². The Kier molecular flexibility index (Phi) is 3.75. The molecule has 2 rings (SSSR count). The second-order valence-corrected chi connectivity index (χ2v) is 4.09. The molecule has 0 radical (unpaired) electrons. The molecule has 0 spiro atoms. The number of oxazole rings is 1. The number of rotatable bonds is 5. The number of likely N-dealkylation sites (tertiary alicyclic amines) is 1. The number of aryl methyl sites for hydroxylation is 1. The van der Waals surface area contributed by atoms with Crippen LogP contribution < -0.4 is 5.32 Å². The first kappa shape index (κ1) is 10.6. The van der Waals surface area contributed by atoms with Gasteiger partial charge in [0.25, 0.3) is 0 Å². The van der Waals surface area contributed by atoms with E-state index < -0.39 is 0 Å². The lowest BCUT2D eigenvalue weighted by Gasteiger charge is -2.14. The van der Waals surface area contributed by atoms with Crippen molar-refractivity contribution in [3.63, 3.8) is 0 Å². The molecule has 1 fully saturated rings. The second-order valence-electron chi connectivity index (χ2n) is 4.09. The first-order valence-corrected chi connectivity index (χ1v) is 5.68. The van der Waals surface area contributed by atoms with Crippen molar-refractivity contribution in [2.24, 2.45) is 0 Å². The molecule has 0 amide bonds. The van der Waals surface area contributed by atoms with E-state index in [0.29, 0.717) is 0 Å². The Morgan fingerprint density at radius 3 is 2.93 bits per heavy atom. The van der Waals surface area contributed by atoms with Gasteiger partial charge in [-0.15, -0.1) is 0 Å². The van der Waals surface area contributed by atoms with Gasteiger partial charge in [-0.25, -0.2) is 4.98 Å². The summed E-state index contributed by atoms with van der Waals surface area (Å²) in [5.41, 5.74) is 0.990. The van der Waals surface area contributed by atoms with Gasteiger partial charge in [-0.05, 0) is 32.9 Å². The van der Waals surface area contributed by atoms with E-state index >= 15 is 0 Å². The zero-order chi connectivity index (χ0) is 10.5. The molecule has 84 valence electrons. The molecule has 4 nitrogen and oxygen atoms in total. The van der Waals surface area contributed by atoms with Crippen LogP contribution in [0.3, 0.4) is 0 Å². The monoisotopic (exact) mass is 209 g/mol. The van der Waals surface area contributed by atoms with Crippen molar-refractivity contribution in [2.75, 3.05) is 26.2 Å². The summed E-state index contributed by atoms with van der Waals surface area (Å²) in [5.74, 6) is 0.955. The van der Waals surface area contributed by atoms with Gasteiger partial charge >= 0.3 is 0 Å². The molecule has 1 aliphatic rings. The van der Waals surface area contributed by atoms with Gasteiger partial charge in [-0.3, -0.25) is 0 Å². The van der Waals surface area contributed by atoms with Crippen LogP contribution in [0.15, 0.2) is 10.8 Å². The molecule has 0 atom stereocenters. The number of nitrogens with zero attached hydrogens (tertiary/aromatic N) is 2. The van der Waals surface area contributed by atoms with Crippen molar-refractivity contribution in [3.05, 3.63) is 17.8 Å². The molecular weight excluding hydrogens is 190 g/mol. The smallest absolute Gasteiger partial charge is 0.181 e. The molecule has 1 aromatic rings. The quantitative estimate of drug-likeness (QED) is 0.739. The Balaban J connectivity index is 1.60. The Hall–Kier alpha value is -0.870. The molecule has 15 heavy (non-hydrogen) atoms. The third-order valence-electron chi connectivity index (χ3n) is 2.93. The molecule has 0 bridgehead atoms. The van der Waals surface area contributed by atoms with Gasteiger partial charge in [0.2, 0.25) is 0 Å². The van der Waals surface area contributed by atoms with E-state index in [1.165, 1.54) is 32.3 Å². The summed E-state index contributed by atoms with van der Waals surface area (Å²) >= 11 is 0. The van der Waals surface area contributed by atoms with Crippen LogP contribution in [-0.4, -0.2) is 36.1 Å². The van der Waals surface area contributed by atoms with Crippen molar-refractivity contribution in [1.82, 2.24) is 15.2 Å². The normalized spacial score (nSPS) is 17.4. The van der Waals surface area contributed by atoms with Crippen LogP contribution >= 0.6 is 0 Å². The van der Waals surface area contributed by atoms with E-state index in [4.69, 9.17) is 4.42 Å². The summed E-state index contributed by atoms with van der Waals surface area (Å²) in [4.78, 5) is 6.56. The highest BCUT2D eigenvalue weighted by molar-refractivity contribution is 5.03. The molecular formula is C11H19N3O. The van der Waals surface area contributed by atoms with E-state index in [0.717, 1.165) is 31.1 Å². The molecule has 0 aromatic carbocycles. The van der Waals surface area contributed by atoms with Crippen molar-refractivity contribution >= 4 is 0 Å². The van der Waals surface area contributed by atoms with Crippen molar-refractivity contribution < 1.29 is 4.42 Å². The predicted molar refractivity (Wildman–Crippen MR) is 58.6 cm³/mol. The summed E-state index contributed by atoms with van der Waals surface area (Å²) < 4.78 is 5.25. The number of nitrogens with one attached hydrogen (secondary N) is 1. The van der Waals surface area contributed by atoms with Gasteiger partial charge < -0.3 is 14.6 Å². The van der Waals surface area contributed by atoms with Crippen LogP contribution in [0.1, 0.15) is 24.3 Å². The summed E-state index contributed by atoms with van der Waals surface area (Å²) in [6.07, 6.45) is 4.23. The van der Waals surface area contributed by atoms with Crippen LogP contribution in [0.2, 0.25) is 0 Å². The third-order valence-corrected chi connectivity index (χ3v) is 2.93. The fourth-order valence-corrected chi connectivity index (χ4v) is 1.94. The molecule has 4 heteroatoms. The minimum absolute atomic E-state index is 0.791. The highest BCUT2D eigenvalue weighted by atomic mass is 16.3. The van der Waals surface area contributed by atoms with Gasteiger partial charge in [0.05, 0.1) is 12.2 Å². The number of hydrogen-bond donors (Lipinski definition) is 1. The van der Waals surface area contributed by atoms with E-state index in [9.17, 15) is 0 Å². The van der Waals surface area contributed by atoms with Crippen LogP contribution in [-0.2, 0) is 6.54 Å². The standard InChI is InChI=1S/C11H19N3O/c1-10-11(15-9-13-10)8-12-4-7-14-5-2-3-6-14/h9,12H,2-8H2,1H3. The van der Waals surface area contributed by atoms with E-state index in [-0.39, 0.29) is 0 Å². The lowest BCUT2D eigenvalue weighted by Crippen LogP contribution is -2.29. The Labute approximate surface area is 90.7 Å². The predicted octanol–water partition coefficient (Wildman–Crippen LogP) is 1.17. The third kappa shape index (κ3) is 3.04. The zero-order valence-electron chi connectivity index (χ0n) is 9.33. The average Bonchev–Trinajstić information content (AvgIpc) is 2.85. The highest BCUT2D eigenvalue weighted by Crippen LogP contribution is 2.06. The maximum Gasteiger partial charge on any atom is 0.181 e. The zero-order valence-corrected chi connectivity index (χ0v) is 9.33. The van der Waals surface area contributed by atoms with Crippen LogP contribution in [0.5, 0.6) is 0 Å². The molecule has 2 heterocycles. The molecule has 0 unspecified atom stereocenters. The highest BCUT2D eigenvalue weighted by Gasteiger charge is 2.10. The van der Waals surface area contributed by atoms with E-state index in [2.05, 4.69) is 15.2 Å². The summed E-state index contributed by atoms with van der Waals surface area (Å²) in [5, 5.41) is 3.38. The van der Waals surface area contributed by atoms with Crippen molar-refractivity contribution in [1.29, 1.82) is 0 Å². The molecule has 1 aromatic heterocycles. The lowest BCUT2D eigenvalue weighted by atomic mass is 10.3. The van der Waals surface area contributed by atoms with Crippen molar-refractivity contribution in [2.45, 2.75) is 26.3 Å². The maximum atomic E-state index is 5.25. The van der Waals surface area contributed by atoms with E-state index in [1.807, 2.05) is 6.92 Å². The number of hydrogen-bond acceptors (Lipinski definition) is 4. The van der Waals surface area contributed by atoms with Gasteiger partial charge in [-0.1, -0.05) is 0 Å². The molecule has 1 saturated heterocycles. The average molecular weight is 209 g/mol. The first-order valence-electron chi connectivity index (χ1n) is 5.68. The first-order chi connectivity index (χ1) is 7.36. The van der Waals surface area contributed by atoms with Gasteiger partial charge in [0.1, 0.15) is 5.76 Å². The molecule has 1 aliphatic heterocycles. The molecule has 1 N–H and O–H groups in total. The largest absolute Gasteiger partial charge is 0.447 e. The lowest BCUT2D eigenvalue weighted by molar-refractivity contribution is 0.332. The minimum atomic E-state index is 0.791. The van der Waals surface area contributed by atoms with E-state index in [1.54, 1.807) is 0 Å². The molecule has 0 aliphatic carbocycles. The maximum absolute atomic E-state index is 5.25.